The highest BCUT2D eigenvalue weighted by atomic mass is 16.5. The van der Waals surface area contributed by atoms with Gasteiger partial charge in [0.2, 0.25) is 17.1 Å². The van der Waals surface area contributed by atoms with Crippen LogP contribution in [0.2, 0.25) is 0 Å². The molecule has 24 heavy (non-hydrogen) atoms. The second-order valence-electron chi connectivity index (χ2n) is 6.10. The van der Waals surface area contributed by atoms with Crippen LogP contribution in [0.4, 0.5) is 11.4 Å². The van der Waals surface area contributed by atoms with E-state index in [4.69, 9.17) is 4.74 Å². The molecule has 1 aliphatic heterocycles. The van der Waals surface area contributed by atoms with Crippen molar-refractivity contribution in [1.82, 2.24) is 4.90 Å². The Morgan fingerprint density at radius 1 is 1.04 bits per heavy atom. The van der Waals surface area contributed by atoms with Crippen molar-refractivity contribution in [3.05, 3.63) is 42.2 Å². The molecule has 4 heteroatoms. The molecule has 128 valence electrons. The zero-order valence-corrected chi connectivity index (χ0v) is 15.2. The van der Waals surface area contributed by atoms with E-state index >= 15 is 0 Å². The normalized spacial score (nSPS) is 18.5. The molecule has 1 N–H and O–H groups in total. The molecule has 2 aliphatic rings. The van der Waals surface area contributed by atoms with Gasteiger partial charge in [0.15, 0.2) is 5.76 Å². The first-order valence-electron chi connectivity index (χ1n) is 9.05. The minimum atomic E-state index is 0.299. The highest BCUT2D eigenvalue weighted by Gasteiger charge is 2.28. The summed E-state index contributed by atoms with van der Waals surface area (Å²) in [5.41, 5.74) is 3.28. The summed E-state index contributed by atoms with van der Waals surface area (Å²) in [6, 6.07) is 6.70. The van der Waals surface area contributed by atoms with E-state index in [-0.39, 0.29) is 0 Å². The summed E-state index contributed by atoms with van der Waals surface area (Å²) < 4.78 is 6.24. The SMILES string of the molecule is CCN(CC)c1ccc2c(c1)OC1=CC(N(CC)CC)C=CC1=[NH+]2. The van der Waals surface area contributed by atoms with Gasteiger partial charge in [-0.1, -0.05) is 19.9 Å². The average Bonchev–Trinajstić information content (AvgIpc) is 2.62. The molecule has 1 aromatic rings. The largest absolute Gasteiger partial charge is 0.444 e. The second kappa shape index (κ2) is 7.22. The lowest BCUT2D eigenvalue weighted by molar-refractivity contribution is -0.357. The smallest absolute Gasteiger partial charge is 0.247 e. The predicted octanol–water partition coefficient (Wildman–Crippen LogP) is 2.24. The van der Waals surface area contributed by atoms with Crippen molar-refractivity contribution in [2.24, 2.45) is 0 Å². The van der Waals surface area contributed by atoms with Gasteiger partial charge in [-0.05, 0) is 39.1 Å². The Labute approximate surface area is 145 Å². The van der Waals surface area contributed by atoms with Crippen molar-refractivity contribution < 1.29 is 9.73 Å². The molecule has 0 fully saturated rings. The van der Waals surface area contributed by atoms with Gasteiger partial charge in [0.1, 0.15) is 0 Å². The number of anilines is 1. The lowest BCUT2D eigenvalue weighted by Crippen LogP contribution is -2.69. The first-order chi connectivity index (χ1) is 11.7. The fourth-order valence-electron chi connectivity index (χ4n) is 3.39. The summed E-state index contributed by atoms with van der Waals surface area (Å²) in [7, 11) is 0. The molecule has 1 aromatic carbocycles. The molecule has 1 unspecified atom stereocenters. The van der Waals surface area contributed by atoms with E-state index in [0.717, 1.165) is 49.1 Å². The molecule has 0 saturated carbocycles. The Bertz CT molecular complexity index is 682. The van der Waals surface area contributed by atoms with Gasteiger partial charge in [-0.3, -0.25) is 4.90 Å². The van der Waals surface area contributed by atoms with E-state index in [9.17, 15) is 0 Å². The monoisotopic (exact) mass is 326 g/mol. The summed E-state index contributed by atoms with van der Waals surface area (Å²) in [6.07, 6.45) is 6.58. The Morgan fingerprint density at radius 2 is 1.79 bits per heavy atom. The van der Waals surface area contributed by atoms with E-state index in [1.807, 2.05) is 0 Å². The van der Waals surface area contributed by atoms with E-state index in [2.05, 4.69) is 78.9 Å². The van der Waals surface area contributed by atoms with E-state index in [1.54, 1.807) is 0 Å². The van der Waals surface area contributed by atoms with Crippen LogP contribution < -0.4 is 14.6 Å². The quantitative estimate of drug-likeness (QED) is 0.869. The third-order valence-corrected chi connectivity index (χ3v) is 4.86. The number of fused-ring (bicyclic) bond motifs is 2. The number of likely N-dealkylation sites (N-methyl/N-ethyl adjacent to an activating group) is 1. The van der Waals surface area contributed by atoms with Crippen LogP contribution in [0.25, 0.3) is 0 Å². The molecule has 0 bridgehead atoms. The number of hydrogen-bond donors (Lipinski definition) is 1. The van der Waals surface area contributed by atoms with Crippen molar-refractivity contribution >= 4 is 17.1 Å². The number of allylic oxidation sites excluding steroid dienone is 1. The summed E-state index contributed by atoms with van der Waals surface area (Å²) in [4.78, 5) is 8.23. The van der Waals surface area contributed by atoms with Crippen LogP contribution in [-0.2, 0) is 0 Å². The van der Waals surface area contributed by atoms with Crippen molar-refractivity contribution in [2.45, 2.75) is 33.7 Å². The van der Waals surface area contributed by atoms with Crippen LogP contribution in [0.1, 0.15) is 27.7 Å². The first kappa shape index (κ1) is 16.8. The van der Waals surface area contributed by atoms with Crippen molar-refractivity contribution in [2.75, 3.05) is 31.1 Å². The summed E-state index contributed by atoms with van der Waals surface area (Å²) >= 11 is 0. The zero-order valence-electron chi connectivity index (χ0n) is 15.2. The van der Waals surface area contributed by atoms with Gasteiger partial charge >= 0.3 is 0 Å². The minimum absolute atomic E-state index is 0.299. The van der Waals surface area contributed by atoms with Crippen LogP contribution in [0.3, 0.4) is 0 Å². The Hall–Kier alpha value is -2.07. The average molecular weight is 326 g/mol. The van der Waals surface area contributed by atoms with Crippen LogP contribution in [-0.4, -0.2) is 42.8 Å². The molecule has 0 amide bonds. The van der Waals surface area contributed by atoms with Crippen LogP contribution in [0.5, 0.6) is 5.75 Å². The molecule has 0 saturated heterocycles. The number of benzene rings is 1. The highest BCUT2D eigenvalue weighted by molar-refractivity contribution is 6.05. The minimum Gasteiger partial charge on any atom is -0.444 e. The Kier molecular flexibility index (Phi) is 5.05. The fourth-order valence-corrected chi connectivity index (χ4v) is 3.39. The summed E-state index contributed by atoms with van der Waals surface area (Å²) in [5.74, 6) is 1.83. The lowest BCUT2D eigenvalue weighted by atomic mass is 10.0. The van der Waals surface area contributed by atoms with E-state index in [0.29, 0.717) is 6.04 Å². The van der Waals surface area contributed by atoms with Crippen molar-refractivity contribution in [3.8, 4) is 5.75 Å². The van der Waals surface area contributed by atoms with E-state index < -0.39 is 0 Å². The van der Waals surface area contributed by atoms with Gasteiger partial charge in [0, 0.05) is 37.0 Å². The second-order valence-corrected chi connectivity index (χ2v) is 6.10. The van der Waals surface area contributed by atoms with Crippen LogP contribution in [0, 0.1) is 0 Å². The molecular weight excluding hydrogens is 298 g/mol. The number of nitrogens with zero attached hydrogens (tertiary/aromatic N) is 2. The molecule has 0 spiro atoms. The van der Waals surface area contributed by atoms with Crippen LogP contribution >= 0.6 is 0 Å². The maximum atomic E-state index is 6.24. The maximum Gasteiger partial charge on any atom is 0.247 e. The van der Waals surface area contributed by atoms with Gasteiger partial charge in [-0.15, -0.1) is 0 Å². The van der Waals surface area contributed by atoms with Gasteiger partial charge in [-0.25, -0.2) is 0 Å². The van der Waals surface area contributed by atoms with Gasteiger partial charge in [-0.2, -0.15) is 4.99 Å². The lowest BCUT2D eigenvalue weighted by Gasteiger charge is -2.28. The summed E-state index contributed by atoms with van der Waals surface area (Å²) in [6.45, 7) is 12.8. The third kappa shape index (κ3) is 3.11. The Morgan fingerprint density at radius 3 is 2.46 bits per heavy atom. The number of ether oxygens (including phenoxy) is 1. The van der Waals surface area contributed by atoms with Crippen molar-refractivity contribution in [3.63, 3.8) is 0 Å². The predicted molar refractivity (Wildman–Crippen MR) is 100 cm³/mol. The molecule has 1 heterocycles. The molecule has 0 radical (unpaired) electrons. The molecule has 4 nitrogen and oxygen atoms in total. The molecule has 1 aliphatic carbocycles. The standard InChI is InChI=1S/C20H27N3O/c1-5-22(6-2)15-9-11-17-19(13-15)24-20-14-16(23(7-3)8-4)10-12-18(20)21-17/h9-15H,5-8H2,1-4H3/p+1. The zero-order chi connectivity index (χ0) is 17.1. The highest BCUT2D eigenvalue weighted by Crippen LogP contribution is 2.31. The number of nitrogens with one attached hydrogen (secondary N) is 1. The molecule has 3 rings (SSSR count). The Balaban J connectivity index is 1.90. The molecule has 0 aromatic heterocycles. The number of rotatable bonds is 6. The van der Waals surface area contributed by atoms with Crippen molar-refractivity contribution in [1.29, 1.82) is 0 Å². The van der Waals surface area contributed by atoms with Crippen LogP contribution in [0.15, 0.2) is 42.2 Å². The van der Waals surface area contributed by atoms with Gasteiger partial charge in [0.05, 0.1) is 6.04 Å². The first-order valence-corrected chi connectivity index (χ1v) is 9.05. The fraction of sp³-hybridized carbons (Fsp3) is 0.450. The molecule has 1 atom stereocenters. The van der Waals surface area contributed by atoms with Gasteiger partial charge in [0.25, 0.3) is 0 Å². The summed E-state index contributed by atoms with van der Waals surface area (Å²) in [5, 5.41) is 0. The molecular formula is C20H28N3O+. The maximum absolute atomic E-state index is 6.24. The third-order valence-electron chi connectivity index (χ3n) is 4.86. The topological polar surface area (TPSA) is 29.7 Å². The van der Waals surface area contributed by atoms with Gasteiger partial charge < -0.3 is 9.64 Å². The number of hydrogen-bond acceptors (Lipinski definition) is 3. The van der Waals surface area contributed by atoms with E-state index in [1.165, 1.54) is 5.69 Å².